The van der Waals surface area contributed by atoms with Gasteiger partial charge in [-0.05, 0) is 18.9 Å². The summed E-state index contributed by atoms with van der Waals surface area (Å²) in [7, 11) is -2.94. The highest BCUT2D eigenvalue weighted by Gasteiger charge is 2.27. The topological polar surface area (TPSA) is 117 Å². The molecule has 1 fully saturated rings. The van der Waals surface area contributed by atoms with Crippen molar-refractivity contribution in [3.05, 3.63) is 22.7 Å². The quantitative estimate of drug-likeness (QED) is 0.737. The van der Waals surface area contributed by atoms with Gasteiger partial charge in [-0.25, -0.2) is 4.79 Å². The molecule has 2 heterocycles. The molecule has 3 N–H and O–H groups in total. The van der Waals surface area contributed by atoms with Gasteiger partial charge in [-0.3, -0.25) is 9.13 Å². The molecule has 0 bridgehead atoms. The largest absolute Gasteiger partial charge is 0.383 e. The van der Waals surface area contributed by atoms with Gasteiger partial charge in [0.15, 0.2) is 0 Å². The fourth-order valence-electron chi connectivity index (χ4n) is 1.82. The fourth-order valence-corrected chi connectivity index (χ4v) is 2.15. The average molecular weight is 275 g/mol. The standard InChI is InChI=1S/C9H14N3O5P/c10-7-3-4-12(9(13)11-7)8-2-1-6(17-8)5-16-18(14)15/h3-4,6,8,18H,1-2,5H2,(H,14,15)(H2,10,11,13)/t6-,8+/m0/s1. The maximum absolute atomic E-state index is 11.6. The summed E-state index contributed by atoms with van der Waals surface area (Å²) in [5.41, 5.74) is 4.92. The van der Waals surface area contributed by atoms with Crippen molar-refractivity contribution in [2.45, 2.75) is 25.2 Å². The molecular weight excluding hydrogens is 261 g/mol. The minimum atomic E-state index is -2.94. The second-order valence-electron chi connectivity index (χ2n) is 3.91. The van der Waals surface area contributed by atoms with E-state index in [-0.39, 0.29) is 18.5 Å². The van der Waals surface area contributed by atoms with Gasteiger partial charge in [0.05, 0.1) is 12.7 Å². The molecule has 100 valence electrons. The monoisotopic (exact) mass is 275 g/mol. The van der Waals surface area contributed by atoms with Crippen molar-refractivity contribution in [1.82, 2.24) is 9.55 Å². The lowest BCUT2D eigenvalue weighted by atomic mass is 10.2. The number of aromatic nitrogens is 2. The van der Waals surface area contributed by atoms with Crippen LogP contribution in [0.5, 0.6) is 0 Å². The maximum atomic E-state index is 11.6. The van der Waals surface area contributed by atoms with Gasteiger partial charge in [-0.15, -0.1) is 0 Å². The van der Waals surface area contributed by atoms with Crippen molar-refractivity contribution in [3.63, 3.8) is 0 Å². The van der Waals surface area contributed by atoms with Crippen LogP contribution in [0.15, 0.2) is 17.1 Å². The van der Waals surface area contributed by atoms with Crippen LogP contribution in [0.4, 0.5) is 5.82 Å². The van der Waals surface area contributed by atoms with Crippen molar-refractivity contribution < 1.29 is 18.7 Å². The number of anilines is 1. The van der Waals surface area contributed by atoms with Crippen LogP contribution in [0.3, 0.4) is 0 Å². The zero-order valence-electron chi connectivity index (χ0n) is 9.48. The molecule has 0 radical (unpaired) electrons. The smallest absolute Gasteiger partial charge is 0.351 e. The summed E-state index contributed by atoms with van der Waals surface area (Å²) in [6, 6.07) is 1.51. The molecule has 0 aliphatic carbocycles. The minimum absolute atomic E-state index is 0.0436. The van der Waals surface area contributed by atoms with Gasteiger partial charge >= 0.3 is 13.9 Å². The van der Waals surface area contributed by atoms with E-state index in [0.29, 0.717) is 12.8 Å². The highest BCUT2D eigenvalue weighted by molar-refractivity contribution is 7.32. The van der Waals surface area contributed by atoms with Crippen molar-refractivity contribution in [2.24, 2.45) is 0 Å². The van der Waals surface area contributed by atoms with Crippen LogP contribution in [-0.4, -0.2) is 27.2 Å². The molecule has 9 heteroatoms. The molecule has 8 nitrogen and oxygen atoms in total. The summed E-state index contributed by atoms with van der Waals surface area (Å²) in [4.78, 5) is 23.7. The van der Waals surface area contributed by atoms with Gasteiger partial charge in [0.1, 0.15) is 12.0 Å². The number of rotatable bonds is 4. The van der Waals surface area contributed by atoms with E-state index in [1.54, 1.807) is 0 Å². The lowest BCUT2D eigenvalue weighted by Gasteiger charge is -2.15. The van der Waals surface area contributed by atoms with E-state index in [9.17, 15) is 9.36 Å². The van der Waals surface area contributed by atoms with E-state index < -0.39 is 20.2 Å². The summed E-state index contributed by atoms with van der Waals surface area (Å²) in [5, 5.41) is 0. The Morgan fingerprint density at radius 1 is 1.67 bits per heavy atom. The van der Waals surface area contributed by atoms with Crippen LogP contribution in [0, 0.1) is 0 Å². The Bertz CT molecular complexity index is 505. The number of hydrogen-bond donors (Lipinski definition) is 2. The molecule has 3 atom stereocenters. The Labute approximate surface area is 103 Å². The lowest BCUT2D eigenvalue weighted by molar-refractivity contribution is -0.0202. The maximum Gasteiger partial charge on any atom is 0.351 e. The summed E-state index contributed by atoms with van der Waals surface area (Å²) < 4.78 is 21.9. The van der Waals surface area contributed by atoms with E-state index in [0.717, 1.165) is 0 Å². The van der Waals surface area contributed by atoms with Gasteiger partial charge in [0.2, 0.25) is 0 Å². The van der Waals surface area contributed by atoms with E-state index in [2.05, 4.69) is 9.51 Å². The van der Waals surface area contributed by atoms with E-state index >= 15 is 0 Å². The van der Waals surface area contributed by atoms with Crippen LogP contribution in [0.2, 0.25) is 0 Å². The SMILES string of the molecule is Nc1ccn([C@H]2CC[C@@H](CO[PH](=O)O)O2)c(=O)n1. The highest BCUT2D eigenvalue weighted by atomic mass is 31.1. The van der Waals surface area contributed by atoms with E-state index in [1.807, 2.05) is 0 Å². The number of ether oxygens (including phenoxy) is 1. The molecule has 1 aromatic heterocycles. The molecular formula is C9H14N3O5P. The fraction of sp³-hybridized carbons (Fsp3) is 0.556. The molecule has 1 aromatic rings. The predicted octanol–water partition coefficient (Wildman–Crippen LogP) is -0.0983. The van der Waals surface area contributed by atoms with Crippen molar-refractivity contribution in [2.75, 3.05) is 12.3 Å². The number of hydrogen-bond acceptors (Lipinski definition) is 6. The Morgan fingerprint density at radius 3 is 3.11 bits per heavy atom. The molecule has 2 rings (SSSR count). The van der Waals surface area contributed by atoms with Gasteiger partial charge in [0.25, 0.3) is 0 Å². The van der Waals surface area contributed by atoms with Gasteiger partial charge in [-0.2, -0.15) is 4.98 Å². The first-order chi connectivity index (χ1) is 8.56. The molecule has 1 unspecified atom stereocenters. The van der Waals surface area contributed by atoms with Crippen LogP contribution < -0.4 is 11.4 Å². The number of nitrogen functional groups attached to an aromatic ring is 1. The molecule has 0 aromatic carbocycles. The molecule has 1 saturated heterocycles. The van der Waals surface area contributed by atoms with Crippen LogP contribution in [-0.2, 0) is 13.8 Å². The lowest BCUT2D eigenvalue weighted by Crippen LogP contribution is -2.27. The molecule has 1 aliphatic rings. The van der Waals surface area contributed by atoms with Gasteiger partial charge in [0, 0.05) is 6.20 Å². The zero-order chi connectivity index (χ0) is 13.1. The third kappa shape index (κ3) is 3.17. The van der Waals surface area contributed by atoms with Crippen molar-refractivity contribution in [3.8, 4) is 0 Å². The summed E-state index contributed by atoms with van der Waals surface area (Å²) in [5.74, 6) is 0.160. The molecule has 0 saturated carbocycles. The Kier molecular flexibility index (Phi) is 4.13. The van der Waals surface area contributed by atoms with Gasteiger partial charge in [-0.1, -0.05) is 0 Å². The molecule has 18 heavy (non-hydrogen) atoms. The van der Waals surface area contributed by atoms with Crippen LogP contribution in [0.25, 0.3) is 0 Å². The van der Waals surface area contributed by atoms with Crippen LogP contribution >= 0.6 is 8.25 Å². The van der Waals surface area contributed by atoms with Crippen molar-refractivity contribution >= 4 is 14.1 Å². The second-order valence-corrected chi connectivity index (χ2v) is 4.73. The molecule has 0 amide bonds. The first-order valence-electron chi connectivity index (χ1n) is 5.42. The average Bonchev–Trinajstić information content (AvgIpc) is 2.75. The molecule has 1 aliphatic heterocycles. The Morgan fingerprint density at radius 2 is 2.44 bits per heavy atom. The summed E-state index contributed by atoms with van der Waals surface area (Å²) in [6.07, 6.45) is 2.07. The Hall–Kier alpha value is -1.21. The third-order valence-corrected chi connectivity index (χ3v) is 3.05. The predicted molar refractivity (Wildman–Crippen MR) is 63.2 cm³/mol. The van der Waals surface area contributed by atoms with Crippen LogP contribution in [0.1, 0.15) is 19.1 Å². The first kappa shape index (κ1) is 13.2. The zero-order valence-corrected chi connectivity index (χ0v) is 10.5. The second kappa shape index (κ2) is 5.62. The minimum Gasteiger partial charge on any atom is -0.383 e. The third-order valence-electron chi connectivity index (χ3n) is 2.64. The van der Waals surface area contributed by atoms with E-state index in [4.69, 9.17) is 15.4 Å². The van der Waals surface area contributed by atoms with Gasteiger partial charge < -0.3 is 19.9 Å². The summed E-state index contributed by atoms with van der Waals surface area (Å²) in [6.45, 7) is 0.0436. The summed E-state index contributed by atoms with van der Waals surface area (Å²) >= 11 is 0. The Balaban J connectivity index is 2.00. The number of nitrogens with zero attached hydrogens (tertiary/aromatic N) is 2. The van der Waals surface area contributed by atoms with E-state index in [1.165, 1.54) is 16.8 Å². The molecule has 0 spiro atoms. The highest BCUT2D eigenvalue weighted by Crippen LogP contribution is 2.29. The first-order valence-corrected chi connectivity index (χ1v) is 6.68. The van der Waals surface area contributed by atoms with Crippen molar-refractivity contribution in [1.29, 1.82) is 0 Å². The normalized spacial score (nSPS) is 25.2. The number of nitrogens with two attached hydrogens (primary N) is 1.